The molecule has 100 valence electrons. The molecule has 0 bridgehead atoms. The summed E-state index contributed by atoms with van der Waals surface area (Å²) in [6.07, 6.45) is 1.14. The Labute approximate surface area is 113 Å². The maximum Gasteiger partial charge on any atom is 0.335 e. The lowest BCUT2D eigenvalue weighted by atomic mass is 10.1. The fraction of sp³-hybridized carbons (Fsp3) is 0.385. The van der Waals surface area contributed by atoms with Crippen molar-refractivity contribution in [2.24, 2.45) is 5.92 Å². The van der Waals surface area contributed by atoms with Gasteiger partial charge in [0.1, 0.15) is 0 Å². The van der Waals surface area contributed by atoms with Crippen molar-refractivity contribution >= 4 is 28.8 Å². The molecule has 3 rings (SSSR count). The normalized spacial score (nSPS) is 19.1. The number of nitrogens with zero attached hydrogens (tertiary/aromatic N) is 1. The van der Waals surface area contributed by atoms with Crippen molar-refractivity contribution in [2.45, 2.75) is 13.0 Å². The largest absolute Gasteiger partial charge is 0.478 e. The zero-order valence-corrected chi connectivity index (χ0v) is 11.1. The smallest absolute Gasteiger partial charge is 0.335 e. The van der Waals surface area contributed by atoms with Gasteiger partial charge in [-0.15, -0.1) is 0 Å². The number of aromatic amines is 1. The second-order valence-electron chi connectivity index (χ2n) is 4.81. The Balaban J connectivity index is 2.02. The minimum atomic E-state index is -0.984. The fourth-order valence-corrected chi connectivity index (χ4v) is 3.74. The third-order valence-corrected chi connectivity index (χ3v) is 4.72. The number of nitrogens with one attached hydrogen (secondary N) is 1. The van der Waals surface area contributed by atoms with Gasteiger partial charge in [-0.2, -0.15) is 11.8 Å². The summed E-state index contributed by atoms with van der Waals surface area (Å²) in [6, 6.07) is 4.76. The monoisotopic (exact) mass is 278 g/mol. The zero-order chi connectivity index (χ0) is 13.4. The molecule has 1 aromatic heterocycles. The van der Waals surface area contributed by atoms with Gasteiger partial charge in [0.2, 0.25) is 0 Å². The zero-order valence-electron chi connectivity index (χ0n) is 10.3. The molecular formula is C13H14N2O3S. The summed E-state index contributed by atoms with van der Waals surface area (Å²) in [4.78, 5) is 25.6. The average molecular weight is 278 g/mol. The highest BCUT2D eigenvalue weighted by molar-refractivity contribution is 7.99. The van der Waals surface area contributed by atoms with Crippen molar-refractivity contribution in [3.63, 3.8) is 0 Å². The van der Waals surface area contributed by atoms with Crippen LogP contribution in [0.15, 0.2) is 23.0 Å². The van der Waals surface area contributed by atoms with Crippen molar-refractivity contribution < 1.29 is 9.90 Å². The van der Waals surface area contributed by atoms with Gasteiger partial charge in [-0.05, 0) is 42.0 Å². The van der Waals surface area contributed by atoms with Crippen LogP contribution in [0.3, 0.4) is 0 Å². The lowest BCUT2D eigenvalue weighted by Crippen LogP contribution is -2.21. The van der Waals surface area contributed by atoms with Gasteiger partial charge in [-0.3, -0.25) is 4.57 Å². The van der Waals surface area contributed by atoms with Crippen LogP contribution in [-0.4, -0.2) is 32.1 Å². The first-order chi connectivity index (χ1) is 9.15. The molecule has 2 aromatic rings. The van der Waals surface area contributed by atoms with E-state index in [2.05, 4.69) is 4.98 Å². The first-order valence-electron chi connectivity index (χ1n) is 6.19. The number of aromatic nitrogens is 2. The van der Waals surface area contributed by atoms with Crippen LogP contribution in [0.25, 0.3) is 11.0 Å². The molecule has 0 saturated carbocycles. The number of hydrogen-bond acceptors (Lipinski definition) is 3. The molecule has 2 N–H and O–H groups in total. The van der Waals surface area contributed by atoms with Crippen LogP contribution < -0.4 is 5.69 Å². The van der Waals surface area contributed by atoms with Gasteiger partial charge in [0, 0.05) is 6.54 Å². The highest BCUT2D eigenvalue weighted by atomic mass is 32.2. The molecular weight excluding hydrogens is 264 g/mol. The van der Waals surface area contributed by atoms with Crippen molar-refractivity contribution in [2.75, 3.05) is 11.5 Å². The van der Waals surface area contributed by atoms with Crippen LogP contribution in [-0.2, 0) is 6.54 Å². The van der Waals surface area contributed by atoms with E-state index >= 15 is 0 Å². The van der Waals surface area contributed by atoms with Gasteiger partial charge in [0.15, 0.2) is 0 Å². The lowest BCUT2D eigenvalue weighted by molar-refractivity contribution is 0.0697. The molecule has 2 heterocycles. The number of thioether (sulfide) groups is 1. The molecule has 0 amide bonds. The lowest BCUT2D eigenvalue weighted by Gasteiger charge is -2.09. The van der Waals surface area contributed by atoms with Crippen molar-refractivity contribution in [3.8, 4) is 0 Å². The van der Waals surface area contributed by atoms with Gasteiger partial charge in [-0.25, -0.2) is 9.59 Å². The Morgan fingerprint density at radius 1 is 1.53 bits per heavy atom. The topological polar surface area (TPSA) is 75.1 Å². The van der Waals surface area contributed by atoms with E-state index in [1.54, 1.807) is 10.6 Å². The summed E-state index contributed by atoms with van der Waals surface area (Å²) >= 11 is 1.92. The SMILES string of the molecule is O=C(O)c1ccc2c(c1)[nH]c(=O)n2CC1CCSC1. The third-order valence-electron chi connectivity index (χ3n) is 3.49. The molecule has 0 spiro atoms. The molecule has 1 aliphatic heterocycles. The van der Waals surface area contributed by atoms with Crippen LogP contribution in [0.4, 0.5) is 0 Å². The van der Waals surface area contributed by atoms with Crippen LogP contribution in [0.2, 0.25) is 0 Å². The number of carbonyl (C=O) groups is 1. The van der Waals surface area contributed by atoms with Gasteiger partial charge in [0.05, 0.1) is 16.6 Å². The van der Waals surface area contributed by atoms with Crippen molar-refractivity contribution in [1.29, 1.82) is 0 Å². The molecule has 5 nitrogen and oxygen atoms in total. The number of carboxylic acid groups (broad SMARTS) is 1. The summed E-state index contributed by atoms with van der Waals surface area (Å²) < 4.78 is 1.72. The van der Waals surface area contributed by atoms with E-state index in [9.17, 15) is 9.59 Å². The predicted molar refractivity (Wildman–Crippen MR) is 75.0 cm³/mol. The summed E-state index contributed by atoms with van der Waals surface area (Å²) in [5.74, 6) is 1.79. The van der Waals surface area contributed by atoms with E-state index in [-0.39, 0.29) is 11.3 Å². The first-order valence-corrected chi connectivity index (χ1v) is 7.34. The van der Waals surface area contributed by atoms with Crippen LogP contribution >= 0.6 is 11.8 Å². The molecule has 1 fully saturated rings. The predicted octanol–water partition coefficient (Wildman–Crippen LogP) is 1.78. The number of benzene rings is 1. The van der Waals surface area contributed by atoms with Crippen molar-refractivity contribution in [3.05, 3.63) is 34.2 Å². The first kappa shape index (κ1) is 12.3. The van der Waals surface area contributed by atoms with Gasteiger partial charge in [0.25, 0.3) is 0 Å². The third kappa shape index (κ3) is 2.28. The Hall–Kier alpha value is -1.69. The van der Waals surface area contributed by atoms with Crippen LogP contribution in [0.1, 0.15) is 16.8 Å². The molecule has 1 unspecified atom stereocenters. The summed E-state index contributed by atoms with van der Waals surface area (Å²) in [5.41, 5.74) is 1.41. The van der Waals surface area contributed by atoms with Crippen LogP contribution in [0.5, 0.6) is 0 Å². The molecule has 0 aliphatic carbocycles. The van der Waals surface area contributed by atoms with E-state index in [0.717, 1.165) is 23.4 Å². The van der Waals surface area contributed by atoms with E-state index in [0.29, 0.717) is 18.0 Å². The summed E-state index contributed by atoms with van der Waals surface area (Å²) in [5, 5.41) is 8.95. The number of hydrogen-bond donors (Lipinski definition) is 2. The van der Waals surface area contributed by atoms with Crippen molar-refractivity contribution in [1.82, 2.24) is 9.55 Å². The number of carboxylic acids is 1. The second kappa shape index (κ2) is 4.77. The van der Waals surface area contributed by atoms with E-state index < -0.39 is 5.97 Å². The maximum absolute atomic E-state index is 12.0. The highest BCUT2D eigenvalue weighted by Crippen LogP contribution is 2.25. The minimum Gasteiger partial charge on any atom is -0.478 e. The van der Waals surface area contributed by atoms with Gasteiger partial charge >= 0.3 is 11.7 Å². The number of imidazole rings is 1. The molecule has 0 radical (unpaired) electrons. The number of rotatable bonds is 3. The average Bonchev–Trinajstić information content (AvgIpc) is 2.98. The van der Waals surface area contributed by atoms with Gasteiger partial charge in [-0.1, -0.05) is 0 Å². The Kier molecular flexibility index (Phi) is 3.10. The summed E-state index contributed by atoms with van der Waals surface area (Å²) in [6.45, 7) is 0.707. The second-order valence-corrected chi connectivity index (χ2v) is 5.96. The number of H-pyrrole nitrogens is 1. The molecule has 19 heavy (non-hydrogen) atoms. The molecule has 1 aromatic carbocycles. The minimum absolute atomic E-state index is 0.158. The molecule has 1 saturated heterocycles. The van der Waals surface area contributed by atoms with E-state index in [1.165, 1.54) is 12.1 Å². The molecule has 1 aliphatic rings. The van der Waals surface area contributed by atoms with Crippen LogP contribution in [0, 0.1) is 5.92 Å². The molecule has 1 atom stereocenters. The summed E-state index contributed by atoms with van der Waals surface area (Å²) in [7, 11) is 0. The van der Waals surface area contributed by atoms with E-state index in [4.69, 9.17) is 5.11 Å². The Morgan fingerprint density at radius 3 is 3.05 bits per heavy atom. The Bertz CT molecular complexity index is 683. The standard InChI is InChI=1S/C13H14N2O3S/c16-12(17)9-1-2-11-10(5-9)14-13(18)15(11)6-8-3-4-19-7-8/h1-2,5,8H,3-4,6-7H2,(H,14,18)(H,16,17). The number of aromatic carboxylic acids is 1. The highest BCUT2D eigenvalue weighted by Gasteiger charge is 2.18. The van der Waals surface area contributed by atoms with E-state index in [1.807, 2.05) is 11.8 Å². The van der Waals surface area contributed by atoms with Gasteiger partial charge < -0.3 is 10.1 Å². The molecule has 6 heteroatoms. The Morgan fingerprint density at radius 2 is 2.37 bits per heavy atom. The fourth-order valence-electron chi connectivity index (χ4n) is 2.46. The maximum atomic E-state index is 12.0. The number of fused-ring (bicyclic) bond motifs is 1. The quantitative estimate of drug-likeness (QED) is 0.897.